The molecule has 4 heteroatoms. The molecule has 3 heterocycles. The summed E-state index contributed by atoms with van der Waals surface area (Å²) >= 11 is 0. The second-order valence-electron chi connectivity index (χ2n) is 5.91. The summed E-state index contributed by atoms with van der Waals surface area (Å²) in [7, 11) is 0. The Morgan fingerprint density at radius 2 is 2.11 bits per heavy atom. The quantitative estimate of drug-likeness (QED) is 0.797. The second kappa shape index (κ2) is 4.23. The van der Waals surface area contributed by atoms with Gasteiger partial charge in [-0.1, -0.05) is 0 Å². The van der Waals surface area contributed by atoms with Gasteiger partial charge >= 0.3 is 0 Å². The molecule has 2 atom stereocenters. The molecule has 0 saturated carbocycles. The highest BCUT2D eigenvalue weighted by atomic mass is 15.2. The van der Waals surface area contributed by atoms with E-state index in [0.29, 0.717) is 6.04 Å². The molecule has 2 aromatic rings. The lowest BCUT2D eigenvalue weighted by molar-refractivity contribution is 0.157. The van der Waals surface area contributed by atoms with Crippen LogP contribution in [0.4, 0.5) is 5.69 Å². The molecular weight excluding hydrogens is 236 g/mol. The van der Waals surface area contributed by atoms with Crippen molar-refractivity contribution in [2.24, 2.45) is 0 Å². The van der Waals surface area contributed by atoms with Gasteiger partial charge < -0.3 is 15.2 Å². The van der Waals surface area contributed by atoms with E-state index in [4.69, 9.17) is 5.73 Å². The Hall–Kier alpha value is -1.55. The van der Waals surface area contributed by atoms with E-state index in [1.165, 1.54) is 44.3 Å². The molecule has 0 bridgehead atoms. The number of imidazole rings is 1. The molecule has 19 heavy (non-hydrogen) atoms. The predicted molar refractivity (Wildman–Crippen MR) is 77.0 cm³/mol. The fourth-order valence-electron chi connectivity index (χ4n) is 3.80. The molecule has 2 unspecified atom stereocenters. The van der Waals surface area contributed by atoms with Crippen molar-refractivity contribution in [3.05, 3.63) is 24.5 Å². The predicted octanol–water partition coefficient (Wildman–Crippen LogP) is 2.42. The van der Waals surface area contributed by atoms with Crippen LogP contribution in [-0.4, -0.2) is 33.6 Å². The van der Waals surface area contributed by atoms with Crippen LogP contribution in [0.3, 0.4) is 0 Å². The van der Waals surface area contributed by atoms with E-state index < -0.39 is 0 Å². The Kier molecular flexibility index (Phi) is 2.52. The van der Waals surface area contributed by atoms with Crippen molar-refractivity contribution in [1.82, 2.24) is 14.5 Å². The molecule has 1 aromatic carbocycles. The largest absolute Gasteiger partial charge is 0.399 e. The highest BCUT2D eigenvalue weighted by molar-refractivity contribution is 5.79. The molecular formula is C15H20N4. The van der Waals surface area contributed by atoms with Crippen LogP contribution in [-0.2, 0) is 0 Å². The van der Waals surface area contributed by atoms with Crippen LogP contribution in [0, 0.1) is 0 Å². The van der Waals surface area contributed by atoms with Gasteiger partial charge in [-0.3, -0.25) is 0 Å². The SMILES string of the molecule is Nc1ccc2c(c1)ncn2C1CCN2CCCC2C1. The zero-order valence-electron chi connectivity index (χ0n) is 11.1. The number of nitrogen functional groups attached to an aromatic ring is 1. The van der Waals surface area contributed by atoms with E-state index in [-0.39, 0.29) is 0 Å². The monoisotopic (exact) mass is 256 g/mol. The van der Waals surface area contributed by atoms with Crippen molar-refractivity contribution in [2.45, 2.75) is 37.8 Å². The highest BCUT2D eigenvalue weighted by Crippen LogP contribution is 2.34. The van der Waals surface area contributed by atoms with E-state index in [1.807, 2.05) is 18.5 Å². The standard InChI is InChI=1S/C15H20N4/c16-11-3-4-15-14(8-11)17-10-19(15)13-5-7-18-6-1-2-12(18)9-13/h3-4,8,10,12-13H,1-2,5-7,9,16H2. The molecule has 4 rings (SSSR count). The Morgan fingerprint density at radius 3 is 3.05 bits per heavy atom. The fraction of sp³-hybridized carbons (Fsp3) is 0.533. The Bertz CT molecular complexity index is 603. The van der Waals surface area contributed by atoms with Crippen LogP contribution < -0.4 is 5.73 Å². The van der Waals surface area contributed by atoms with E-state index >= 15 is 0 Å². The summed E-state index contributed by atoms with van der Waals surface area (Å²) in [5.74, 6) is 0. The van der Waals surface area contributed by atoms with Crippen LogP contribution in [0.25, 0.3) is 11.0 Å². The normalized spacial score (nSPS) is 27.8. The maximum absolute atomic E-state index is 5.83. The number of nitrogens with two attached hydrogens (primary N) is 1. The van der Waals surface area contributed by atoms with Gasteiger partial charge in [0.05, 0.1) is 17.4 Å². The van der Waals surface area contributed by atoms with Gasteiger partial charge in [0.2, 0.25) is 0 Å². The topological polar surface area (TPSA) is 47.1 Å². The van der Waals surface area contributed by atoms with Crippen molar-refractivity contribution >= 4 is 16.7 Å². The van der Waals surface area contributed by atoms with Gasteiger partial charge in [-0.25, -0.2) is 4.98 Å². The summed E-state index contributed by atoms with van der Waals surface area (Å²) in [6.07, 6.45) is 7.26. The average Bonchev–Trinajstić information content (AvgIpc) is 3.02. The zero-order chi connectivity index (χ0) is 12.8. The summed E-state index contributed by atoms with van der Waals surface area (Å²) in [6, 6.07) is 7.46. The maximum atomic E-state index is 5.83. The molecule has 2 fully saturated rings. The van der Waals surface area contributed by atoms with E-state index in [2.05, 4.69) is 20.5 Å². The summed E-state index contributed by atoms with van der Waals surface area (Å²) in [4.78, 5) is 7.17. The third-order valence-corrected chi connectivity index (χ3v) is 4.79. The highest BCUT2D eigenvalue weighted by Gasteiger charge is 2.32. The third kappa shape index (κ3) is 1.82. The number of hydrogen-bond acceptors (Lipinski definition) is 3. The number of benzene rings is 1. The lowest BCUT2D eigenvalue weighted by atomic mass is 9.97. The van der Waals surface area contributed by atoms with E-state index in [1.54, 1.807) is 0 Å². The van der Waals surface area contributed by atoms with E-state index in [0.717, 1.165) is 17.2 Å². The van der Waals surface area contributed by atoms with Crippen LogP contribution >= 0.6 is 0 Å². The van der Waals surface area contributed by atoms with Crippen LogP contribution in [0.5, 0.6) is 0 Å². The first-order valence-electron chi connectivity index (χ1n) is 7.27. The first-order chi connectivity index (χ1) is 9.31. The molecule has 2 N–H and O–H groups in total. The number of anilines is 1. The molecule has 0 aliphatic carbocycles. The molecule has 0 spiro atoms. The summed E-state index contributed by atoms with van der Waals surface area (Å²) in [5, 5.41) is 0. The number of hydrogen-bond donors (Lipinski definition) is 1. The number of rotatable bonds is 1. The Labute approximate surface area is 113 Å². The van der Waals surface area contributed by atoms with Crippen molar-refractivity contribution in [3.63, 3.8) is 0 Å². The van der Waals surface area contributed by atoms with Gasteiger partial charge in [0.1, 0.15) is 0 Å². The zero-order valence-corrected chi connectivity index (χ0v) is 11.1. The Balaban J connectivity index is 1.67. The number of piperidine rings is 1. The first kappa shape index (κ1) is 11.3. The Morgan fingerprint density at radius 1 is 1.16 bits per heavy atom. The number of nitrogens with zero attached hydrogens (tertiary/aromatic N) is 3. The van der Waals surface area contributed by atoms with Gasteiger partial charge in [-0.15, -0.1) is 0 Å². The lowest BCUT2D eigenvalue weighted by Crippen LogP contribution is -2.38. The van der Waals surface area contributed by atoms with Crippen molar-refractivity contribution < 1.29 is 0 Å². The molecule has 0 radical (unpaired) electrons. The van der Waals surface area contributed by atoms with E-state index in [9.17, 15) is 0 Å². The molecule has 1 aromatic heterocycles. The van der Waals surface area contributed by atoms with Gasteiger partial charge in [0, 0.05) is 24.3 Å². The van der Waals surface area contributed by atoms with Crippen LogP contribution in [0.2, 0.25) is 0 Å². The summed E-state index contributed by atoms with van der Waals surface area (Å²) < 4.78 is 2.37. The van der Waals surface area contributed by atoms with Gasteiger partial charge in [0.15, 0.2) is 0 Å². The lowest BCUT2D eigenvalue weighted by Gasteiger charge is -2.35. The maximum Gasteiger partial charge on any atom is 0.0960 e. The number of aromatic nitrogens is 2. The summed E-state index contributed by atoms with van der Waals surface area (Å²) in [5.41, 5.74) is 8.87. The minimum absolute atomic E-state index is 0.605. The van der Waals surface area contributed by atoms with Crippen LogP contribution in [0.1, 0.15) is 31.7 Å². The minimum atomic E-state index is 0.605. The average molecular weight is 256 g/mol. The second-order valence-corrected chi connectivity index (χ2v) is 5.91. The molecule has 2 saturated heterocycles. The molecule has 4 nitrogen and oxygen atoms in total. The summed E-state index contributed by atoms with van der Waals surface area (Å²) in [6.45, 7) is 2.54. The van der Waals surface area contributed by atoms with Crippen LogP contribution in [0.15, 0.2) is 24.5 Å². The number of fused-ring (bicyclic) bond motifs is 2. The molecule has 2 aliphatic rings. The van der Waals surface area contributed by atoms with Crippen molar-refractivity contribution in [3.8, 4) is 0 Å². The van der Waals surface area contributed by atoms with Gasteiger partial charge in [-0.05, 0) is 50.4 Å². The first-order valence-corrected chi connectivity index (χ1v) is 7.27. The molecule has 0 amide bonds. The minimum Gasteiger partial charge on any atom is -0.399 e. The van der Waals surface area contributed by atoms with Crippen molar-refractivity contribution in [2.75, 3.05) is 18.8 Å². The smallest absolute Gasteiger partial charge is 0.0960 e. The van der Waals surface area contributed by atoms with Crippen molar-refractivity contribution in [1.29, 1.82) is 0 Å². The van der Waals surface area contributed by atoms with Gasteiger partial charge in [-0.2, -0.15) is 0 Å². The molecule has 100 valence electrons. The van der Waals surface area contributed by atoms with Gasteiger partial charge in [0.25, 0.3) is 0 Å². The molecule has 2 aliphatic heterocycles. The fourth-order valence-corrected chi connectivity index (χ4v) is 3.80. The third-order valence-electron chi connectivity index (χ3n) is 4.79.